The van der Waals surface area contributed by atoms with Crippen LogP contribution < -0.4 is 10.2 Å². The van der Waals surface area contributed by atoms with Gasteiger partial charge >= 0.3 is 6.03 Å². The van der Waals surface area contributed by atoms with Crippen molar-refractivity contribution in [2.45, 2.75) is 18.6 Å². The monoisotopic (exact) mass is 359 g/mol. The lowest BCUT2D eigenvalue weighted by Gasteiger charge is -2.24. The van der Waals surface area contributed by atoms with Crippen LogP contribution in [0.2, 0.25) is 5.02 Å². The molecule has 0 saturated heterocycles. The molecule has 2 aromatic rings. The Labute approximate surface area is 150 Å². The van der Waals surface area contributed by atoms with E-state index in [2.05, 4.69) is 24.2 Å². The second-order valence-electron chi connectivity index (χ2n) is 6.07. The average molecular weight is 360 g/mol. The van der Waals surface area contributed by atoms with Crippen molar-refractivity contribution in [3.63, 3.8) is 0 Å². The number of urea groups is 1. The molecule has 0 bridgehead atoms. The quantitative estimate of drug-likeness (QED) is 0.794. The predicted octanol–water partition coefficient (Wildman–Crippen LogP) is 5.26. The molecule has 0 atom stereocenters. The largest absolute Gasteiger partial charge is 0.332 e. The van der Waals surface area contributed by atoms with Crippen LogP contribution in [0, 0.1) is 0 Å². The number of amidine groups is 1. The molecular formula is C18H18ClN3OS. The van der Waals surface area contributed by atoms with Crippen molar-refractivity contribution < 1.29 is 4.79 Å². The van der Waals surface area contributed by atoms with Gasteiger partial charge in [-0.15, -0.1) is 0 Å². The predicted molar refractivity (Wildman–Crippen MR) is 103 cm³/mol. The van der Waals surface area contributed by atoms with Gasteiger partial charge in [-0.2, -0.15) is 0 Å². The fourth-order valence-electron chi connectivity index (χ4n) is 2.32. The first-order valence-electron chi connectivity index (χ1n) is 7.60. The Morgan fingerprint density at radius 3 is 2.58 bits per heavy atom. The maximum atomic E-state index is 12.9. The summed E-state index contributed by atoms with van der Waals surface area (Å²) in [5.41, 5.74) is 1.43. The molecule has 124 valence electrons. The first-order chi connectivity index (χ1) is 11.4. The number of anilines is 2. The fourth-order valence-corrected chi connectivity index (χ4v) is 3.55. The maximum absolute atomic E-state index is 12.9. The van der Waals surface area contributed by atoms with Crippen molar-refractivity contribution in [1.29, 1.82) is 0 Å². The smallest absolute Gasteiger partial charge is 0.307 e. The fraction of sp³-hybridized carbons (Fsp3) is 0.222. The first kappa shape index (κ1) is 16.9. The van der Waals surface area contributed by atoms with Gasteiger partial charge in [0.2, 0.25) is 0 Å². The molecule has 1 aliphatic rings. The van der Waals surface area contributed by atoms with Gasteiger partial charge in [-0.1, -0.05) is 47.6 Å². The molecule has 0 aromatic heterocycles. The number of carbonyl (C=O) groups excluding carboxylic acids is 1. The van der Waals surface area contributed by atoms with E-state index in [0.29, 0.717) is 22.4 Å². The van der Waals surface area contributed by atoms with Crippen LogP contribution in [-0.2, 0) is 0 Å². The van der Waals surface area contributed by atoms with E-state index >= 15 is 0 Å². The van der Waals surface area contributed by atoms with E-state index in [1.54, 1.807) is 40.9 Å². The Kier molecular flexibility index (Phi) is 4.83. The molecule has 6 heteroatoms. The van der Waals surface area contributed by atoms with Crippen LogP contribution in [0.15, 0.2) is 59.6 Å². The zero-order valence-corrected chi connectivity index (χ0v) is 15.1. The molecule has 2 amide bonds. The minimum Gasteiger partial charge on any atom is -0.307 e. The van der Waals surface area contributed by atoms with Crippen LogP contribution in [0.1, 0.15) is 13.8 Å². The minimum absolute atomic E-state index is 0.0152. The molecule has 1 heterocycles. The summed E-state index contributed by atoms with van der Waals surface area (Å²) in [6.07, 6.45) is 0. The molecule has 1 aliphatic heterocycles. The Bertz CT molecular complexity index is 777. The third-order valence-electron chi connectivity index (χ3n) is 3.45. The van der Waals surface area contributed by atoms with Gasteiger partial charge in [0.25, 0.3) is 0 Å². The van der Waals surface area contributed by atoms with Gasteiger partial charge in [0.1, 0.15) is 0 Å². The Hall–Kier alpha value is -1.98. The normalized spacial score (nSPS) is 15.7. The molecular weight excluding hydrogens is 342 g/mol. The molecule has 0 unspecified atom stereocenters. The molecule has 0 saturated carbocycles. The standard InChI is InChI=1S/C18H18ClN3OS/c1-18(2)12-20-17(24-18)22(15-9-4-3-5-10-15)16(23)21-14-8-6-7-13(19)11-14/h3-11H,12H2,1-2H3,(H,21,23). The number of hydrogen-bond acceptors (Lipinski definition) is 3. The van der Waals surface area contributed by atoms with E-state index in [-0.39, 0.29) is 10.8 Å². The minimum atomic E-state index is -0.257. The SMILES string of the molecule is CC1(C)CN=C(N(C(=O)Nc2cccc(Cl)c2)c2ccccc2)S1. The van der Waals surface area contributed by atoms with Crippen molar-refractivity contribution in [3.8, 4) is 0 Å². The van der Waals surface area contributed by atoms with Gasteiger partial charge in [0.05, 0.1) is 12.2 Å². The number of benzene rings is 2. The Morgan fingerprint density at radius 2 is 1.96 bits per heavy atom. The number of hydrogen-bond donors (Lipinski definition) is 1. The molecule has 0 radical (unpaired) electrons. The van der Waals surface area contributed by atoms with Crippen LogP contribution in [-0.4, -0.2) is 22.5 Å². The van der Waals surface area contributed by atoms with Crippen molar-refractivity contribution in [2.75, 3.05) is 16.8 Å². The summed E-state index contributed by atoms with van der Waals surface area (Å²) in [5.74, 6) is 0. The number of halogens is 1. The molecule has 2 aromatic carbocycles. The molecule has 3 rings (SSSR count). The van der Waals surface area contributed by atoms with Crippen LogP contribution >= 0.6 is 23.4 Å². The van der Waals surface area contributed by atoms with E-state index in [9.17, 15) is 4.79 Å². The lowest BCUT2D eigenvalue weighted by molar-refractivity contribution is 0.259. The summed E-state index contributed by atoms with van der Waals surface area (Å²) >= 11 is 7.60. The van der Waals surface area contributed by atoms with Gasteiger partial charge in [-0.05, 0) is 44.2 Å². The van der Waals surface area contributed by atoms with Gasteiger partial charge in [-0.25, -0.2) is 9.69 Å². The topological polar surface area (TPSA) is 44.7 Å². The number of amides is 2. The van der Waals surface area contributed by atoms with Crippen molar-refractivity contribution in [1.82, 2.24) is 0 Å². The van der Waals surface area contributed by atoms with Gasteiger partial charge in [0.15, 0.2) is 5.17 Å². The van der Waals surface area contributed by atoms with E-state index in [1.165, 1.54) is 0 Å². The summed E-state index contributed by atoms with van der Waals surface area (Å²) < 4.78 is -0.0152. The summed E-state index contributed by atoms with van der Waals surface area (Å²) in [6.45, 7) is 4.92. The van der Waals surface area contributed by atoms with Gasteiger partial charge < -0.3 is 5.32 Å². The zero-order valence-electron chi connectivity index (χ0n) is 13.5. The molecule has 24 heavy (non-hydrogen) atoms. The van der Waals surface area contributed by atoms with E-state index < -0.39 is 0 Å². The second kappa shape index (κ2) is 6.87. The molecule has 0 fully saturated rings. The van der Waals surface area contributed by atoms with Gasteiger partial charge in [0, 0.05) is 15.5 Å². The van der Waals surface area contributed by atoms with E-state index in [1.807, 2.05) is 30.3 Å². The van der Waals surface area contributed by atoms with Crippen molar-refractivity contribution in [2.24, 2.45) is 4.99 Å². The Balaban J connectivity index is 1.89. The molecule has 4 nitrogen and oxygen atoms in total. The van der Waals surface area contributed by atoms with Crippen LogP contribution in [0.25, 0.3) is 0 Å². The maximum Gasteiger partial charge on any atom is 0.332 e. The Morgan fingerprint density at radius 1 is 1.21 bits per heavy atom. The highest BCUT2D eigenvalue weighted by atomic mass is 35.5. The number of nitrogens with zero attached hydrogens (tertiary/aromatic N) is 2. The molecule has 1 N–H and O–H groups in total. The number of aliphatic imine (C=N–C) groups is 1. The number of para-hydroxylation sites is 1. The number of thioether (sulfide) groups is 1. The number of rotatable bonds is 2. The highest BCUT2D eigenvalue weighted by Gasteiger charge is 2.33. The number of nitrogens with one attached hydrogen (secondary N) is 1. The summed E-state index contributed by atoms with van der Waals surface area (Å²) in [5, 5.41) is 4.17. The van der Waals surface area contributed by atoms with Crippen LogP contribution in [0.4, 0.5) is 16.2 Å². The highest BCUT2D eigenvalue weighted by molar-refractivity contribution is 8.15. The second-order valence-corrected chi connectivity index (χ2v) is 8.18. The zero-order chi connectivity index (χ0) is 17.2. The third-order valence-corrected chi connectivity index (χ3v) is 4.86. The van der Waals surface area contributed by atoms with Gasteiger partial charge in [-0.3, -0.25) is 4.99 Å². The molecule has 0 aliphatic carbocycles. The van der Waals surface area contributed by atoms with Crippen LogP contribution in [0.3, 0.4) is 0 Å². The highest BCUT2D eigenvalue weighted by Crippen LogP contribution is 2.35. The average Bonchev–Trinajstić information content (AvgIpc) is 2.88. The summed E-state index contributed by atoms with van der Waals surface area (Å²) in [4.78, 5) is 19.1. The number of carbonyl (C=O) groups is 1. The molecule has 0 spiro atoms. The van der Waals surface area contributed by atoms with E-state index in [0.717, 1.165) is 5.69 Å². The first-order valence-corrected chi connectivity index (χ1v) is 8.79. The summed E-state index contributed by atoms with van der Waals surface area (Å²) in [6, 6.07) is 16.4. The van der Waals surface area contributed by atoms with Crippen molar-refractivity contribution in [3.05, 3.63) is 59.6 Å². The van der Waals surface area contributed by atoms with Crippen molar-refractivity contribution >= 4 is 45.9 Å². The van der Waals surface area contributed by atoms with E-state index in [4.69, 9.17) is 11.6 Å². The summed E-state index contributed by atoms with van der Waals surface area (Å²) in [7, 11) is 0. The lowest BCUT2D eigenvalue weighted by atomic mass is 10.2. The lowest BCUT2D eigenvalue weighted by Crippen LogP contribution is -2.38. The third kappa shape index (κ3) is 3.91. The van der Waals surface area contributed by atoms with Crippen LogP contribution in [0.5, 0.6) is 0 Å².